The summed E-state index contributed by atoms with van der Waals surface area (Å²) in [5, 5.41) is 0. The van der Waals surface area contributed by atoms with Crippen LogP contribution in [0.2, 0.25) is 0 Å². The van der Waals surface area contributed by atoms with Gasteiger partial charge in [0.15, 0.2) is 6.61 Å². The minimum atomic E-state index is -0.0953. The van der Waals surface area contributed by atoms with Crippen LogP contribution in [-0.2, 0) is 4.79 Å². The number of piperidine rings is 1. The molecule has 3 heterocycles. The van der Waals surface area contributed by atoms with Gasteiger partial charge in [-0.25, -0.2) is 9.97 Å². The second kappa shape index (κ2) is 9.47. The molecule has 1 amide bonds. The zero-order valence-electron chi connectivity index (χ0n) is 19.3. The average Bonchev–Trinajstić information content (AvgIpc) is 2.79. The molecule has 2 aromatic heterocycles. The fraction of sp³-hybridized carbons (Fsp3) is 0.385. The first-order valence-corrected chi connectivity index (χ1v) is 11.2. The number of pyridine rings is 1. The van der Waals surface area contributed by atoms with E-state index in [-0.39, 0.29) is 18.6 Å². The minimum absolute atomic E-state index is 0.00832. The molecule has 0 radical (unpaired) electrons. The quantitative estimate of drug-likeness (QED) is 0.576. The van der Waals surface area contributed by atoms with E-state index in [4.69, 9.17) is 9.72 Å². The van der Waals surface area contributed by atoms with E-state index in [0.717, 1.165) is 58.5 Å². The lowest BCUT2D eigenvalue weighted by molar-refractivity contribution is -0.137. The molecule has 0 bridgehead atoms. The Morgan fingerprint density at radius 1 is 1.03 bits per heavy atom. The summed E-state index contributed by atoms with van der Waals surface area (Å²) >= 11 is 0. The van der Waals surface area contributed by atoms with Gasteiger partial charge in [0.2, 0.25) is 0 Å². The topological polar surface area (TPSA) is 68.2 Å². The normalized spacial score (nSPS) is 16.1. The number of amides is 1. The highest BCUT2D eigenvalue weighted by Crippen LogP contribution is 2.36. The standard InChI is InChI=1S/C26H30N4O2/c1-17-8-7-9-18(2)26(17)32-16-24(31)30-13-6-5-10-23(30)25-22(15-28-20(4)29-25)21-11-12-27-14-19(21)3/h7-9,11-12,14-15,23H,5-6,10,13,16H2,1-4H3. The van der Waals surface area contributed by atoms with Crippen molar-refractivity contribution in [1.29, 1.82) is 0 Å². The van der Waals surface area contributed by atoms with Gasteiger partial charge in [-0.2, -0.15) is 0 Å². The molecule has 0 aliphatic carbocycles. The Balaban J connectivity index is 1.64. The molecule has 1 atom stereocenters. The van der Waals surface area contributed by atoms with Crippen molar-refractivity contribution >= 4 is 5.91 Å². The maximum atomic E-state index is 13.3. The predicted molar refractivity (Wildman–Crippen MR) is 124 cm³/mol. The minimum Gasteiger partial charge on any atom is -0.483 e. The molecule has 0 N–H and O–H groups in total. The van der Waals surface area contributed by atoms with Crippen LogP contribution in [0.3, 0.4) is 0 Å². The molecule has 0 saturated carbocycles. The van der Waals surface area contributed by atoms with Crippen LogP contribution in [0.4, 0.5) is 0 Å². The highest BCUT2D eigenvalue weighted by Gasteiger charge is 2.31. The lowest BCUT2D eigenvalue weighted by Gasteiger charge is -2.36. The van der Waals surface area contributed by atoms with Crippen LogP contribution in [0.15, 0.2) is 42.9 Å². The summed E-state index contributed by atoms with van der Waals surface area (Å²) in [6, 6.07) is 7.90. The molecule has 4 rings (SSSR count). The molecule has 32 heavy (non-hydrogen) atoms. The number of aromatic nitrogens is 3. The molecule has 6 heteroatoms. The Morgan fingerprint density at radius 2 is 1.81 bits per heavy atom. The van der Waals surface area contributed by atoms with E-state index in [2.05, 4.69) is 9.97 Å². The lowest BCUT2D eigenvalue weighted by atomic mass is 9.92. The van der Waals surface area contributed by atoms with Crippen molar-refractivity contribution in [3.8, 4) is 16.9 Å². The summed E-state index contributed by atoms with van der Waals surface area (Å²) in [4.78, 5) is 28.8. The molecule has 1 aliphatic rings. The van der Waals surface area contributed by atoms with Gasteiger partial charge in [-0.05, 0) is 75.3 Å². The van der Waals surface area contributed by atoms with E-state index >= 15 is 0 Å². The van der Waals surface area contributed by atoms with Crippen molar-refractivity contribution in [2.24, 2.45) is 0 Å². The van der Waals surface area contributed by atoms with Crippen molar-refractivity contribution in [2.75, 3.05) is 13.2 Å². The summed E-state index contributed by atoms with van der Waals surface area (Å²) in [5.41, 5.74) is 6.07. The number of carbonyl (C=O) groups is 1. The lowest BCUT2D eigenvalue weighted by Crippen LogP contribution is -2.41. The smallest absolute Gasteiger partial charge is 0.261 e. The van der Waals surface area contributed by atoms with Crippen LogP contribution in [0.1, 0.15) is 53.5 Å². The molecule has 0 spiro atoms. The van der Waals surface area contributed by atoms with Gasteiger partial charge in [0.05, 0.1) is 11.7 Å². The van der Waals surface area contributed by atoms with Gasteiger partial charge in [0.25, 0.3) is 5.91 Å². The average molecular weight is 431 g/mol. The summed E-state index contributed by atoms with van der Waals surface area (Å²) < 4.78 is 5.99. The molecular weight excluding hydrogens is 400 g/mol. The van der Waals surface area contributed by atoms with Gasteiger partial charge >= 0.3 is 0 Å². The number of nitrogens with zero attached hydrogens (tertiary/aromatic N) is 4. The van der Waals surface area contributed by atoms with Crippen LogP contribution in [-0.4, -0.2) is 38.9 Å². The molecule has 3 aromatic rings. The number of aryl methyl sites for hydroxylation is 4. The second-order valence-corrected chi connectivity index (χ2v) is 8.52. The number of hydrogen-bond acceptors (Lipinski definition) is 5. The van der Waals surface area contributed by atoms with E-state index in [0.29, 0.717) is 12.4 Å². The van der Waals surface area contributed by atoms with E-state index < -0.39 is 0 Å². The fourth-order valence-corrected chi connectivity index (χ4v) is 4.48. The monoisotopic (exact) mass is 430 g/mol. The maximum absolute atomic E-state index is 13.3. The first-order chi connectivity index (χ1) is 15.5. The SMILES string of the molecule is Cc1ncc(-c2ccncc2C)c(C2CCCCN2C(=O)COc2c(C)cccc2C)n1. The summed E-state index contributed by atoms with van der Waals surface area (Å²) in [5.74, 6) is 1.49. The van der Waals surface area contributed by atoms with Crippen LogP contribution in [0, 0.1) is 27.7 Å². The molecule has 1 saturated heterocycles. The van der Waals surface area contributed by atoms with Crippen molar-refractivity contribution in [3.05, 3.63) is 71.1 Å². The summed E-state index contributed by atoms with van der Waals surface area (Å²) in [7, 11) is 0. The van der Waals surface area contributed by atoms with Crippen molar-refractivity contribution in [2.45, 2.75) is 53.0 Å². The molecule has 1 aliphatic heterocycles. The Hall–Kier alpha value is -3.28. The third-order valence-electron chi connectivity index (χ3n) is 6.14. The number of para-hydroxylation sites is 1. The molecule has 1 aromatic carbocycles. The van der Waals surface area contributed by atoms with E-state index in [1.165, 1.54) is 0 Å². The van der Waals surface area contributed by atoms with Gasteiger partial charge in [-0.15, -0.1) is 0 Å². The Labute approximate surface area is 189 Å². The second-order valence-electron chi connectivity index (χ2n) is 8.52. The first-order valence-electron chi connectivity index (χ1n) is 11.2. The van der Waals surface area contributed by atoms with E-state index in [9.17, 15) is 4.79 Å². The van der Waals surface area contributed by atoms with Crippen LogP contribution in [0.5, 0.6) is 5.75 Å². The predicted octanol–water partition coefficient (Wildman–Crippen LogP) is 4.90. The fourth-order valence-electron chi connectivity index (χ4n) is 4.48. The molecule has 166 valence electrons. The number of benzene rings is 1. The van der Waals surface area contributed by atoms with Gasteiger partial charge in [0.1, 0.15) is 11.6 Å². The third kappa shape index (κ3) is 4.49. The van der Waals surface area contributed by atoms with E-state index in [1.54, 1.807) is 6.20 Å². The number of hydrogen-bond donors (Lipinski definition) is 0. The van der Waals surface area contributed by atoms with E-state index in [1.807, 2.05) is 69.3 Å². The molecular formula is C26H30N4O2. The van der Waals surface area contributed by atoms with Crippen LogP contribution >= 0.6 is 0 Å². The van der Waals surface area contributed by atoms with Crippen molar-refractivity contribution in [1.82, 2.24) is 19.9 Å². The third-order valence-corrected chi connectivity index (χ3v) is 6.14. The van der Waals surface area contributed by atoms with Crippen molar-refractivity contribution < 1.29 is 9.53 Å². The number of ether oxygens (including phenoxy) is 1. The van der Waals surface area contributed by atoms with Crippen molar-refractivity contribution in [3.63, 3.8) is 0 Å². The maximum Gasteiger partial charge on any atom is 0.261 e. The van der Waals surface area contributed by atoms with Gasteiger partial charge in [-0.3, -0.25) is 9.78 Å². The Kier molecular flexibility index (Phi) is 6.49. The van der Waals surface area contributed by atoms with Crippen LogP contribution < -0.4 is 4.74 Å². The highest BCUT2D eigenvalue weighted by atomic mass is 16.5. The molecule has 1 fully saturated rings. The number of likely N-dealkylation sites (tertiary alicyclic amines) is 1. The summed E-state index contributed by atoms with van der Waals surface area (Å²) in [6.07, 6.45) is 8.44. The zero-order chi connectivity index (χ0) is 22.7. The number of carbonyl (C=O) groups excluding carboxylic acids is 1. The molecule has 1 unspecified atom stereocenters. The van der Waals surface area contributed by atoms with Crippen LogP contribution in [0.25, 0.3) is 11.1 Å². The zero-order valence-corrected chi connectivity index (χ0v) is 19.3. The van der Waals surface area contributed by atoms with Gasteiger partial charge in [-0.1, -0.05) is 18.2 Å². The first kappa shape index (κ1) is 21.9. The largest absolute Gasteiger partial charge is 0.483 e. The Morgan fingerprint density at radius 3 is 2.56 bits per heavy atom. The Bertz CT molecular complexity index is 1110. The van der Waals surface area contributed by atoms with Gasteiger partial charge < -0.3 is 9.64 Å². The molecule has 6 nitrogen and oxygen atoms in total. The highest BCUT2D eigenvalue weighted by molar-refractivity contribution is 5.79. The van der Waals surface area contributed by atoms with Gasteiger partial charge in [0, 0.05) is 30.7 Å². The summed E-state index contributed by atoms with van der Waals surface area (Å²) in [6.45, 7) is 8.67. The number of rotatable bonds is 5.